The van der Waals surface area contributed by atoms with Crippen molar-refractivity contribution in [2.75, 3.05) is 37.2 Å². The van der Waals surface area contributed by atoms with Crippen molar-refractivity contribution in [3.8, 4) is 11.5 Å². The number of ether oxygens (including phenoxy) is 2. The Hall–Kier alpha value is -2.03. The van der Waals surface area contributed by atoms with Gasteiger partial charge in [0.1, 0.15) is 11.5 Å². The molecule has 0 bridgehead atoms. The highest BCUT2D eigenvalue weighted by Gasteiger charge is 2.24. The van der Waals surface area contributed by atoms with Gasteiger partial charge in [0, 0.05) is 25.9 Å². The molecule has 0 N–H and O–H groups in total. The summed E-state index contributed by atoms with van der Waals surface area (Å²) in [5.74, 6) is 6.52. The van der Waals surface area contributed by atoms with E-state index in [0.29, 0.717) is 6.04 Å². The molecule has 55 heavy (non-hydrogen) atoms. The number of methoxy groups -OCH3 is 2. The molecule has 3 aromatic carbocycles. The van der Waals surface area contributed by atoms with Crippen molar-refractivity contribution in [1.82, 2.24) is 0 Å². The van der Waals surface area contributed by atoms with Crippen LogP contribution in [-0.2, 0) is 35.2 Å². The quantitative estimate of drug-likeness (QED) is 0.0557. The second kappa shape index (κ2) is 36.3. The minimum absolute atomic E-state index is 0.250. The molecule has 0 spiro atoms. The van der Waals surface area contributed by atoms with Gasteiger partial charge in [0.2, 0.25) is 0 Å². The van der Waals surface area contributed by atoms with Crippen molar-refractivity contribution in [3.05, 3.63) is 84.4 Å². The monoisotopic (exact) mass is 924 g/mol. The van der Waals surface area contributed by atoms with Gasteiger partial charge in [-0.2, -0.15) is 40.5 Å². The molecular formula is C38H55Cl3O8S3Si3. The average molecular weight is 927 g/mol. The largest absolute Gasteiger partial charge is 0.497 e. The number of carbonyl (C=O) groups excluding carboxylic acids is 6. The number of thioether (sulfide) groups is 3. The van der Waals surface area contributed by atoms with Crippen molar-refractivity contribution in [1.29, 1.82) is 0 Å². The molecule has 0 aromatic heterocycles. The second-order valence-electron chi connectivity index (χ2n) is 13.5. The molecule has 0 heterocycles. The zero-order valence-electron chi connectivity index (χ0n) is 33.0. The minimum Gasteiger partial charge on any atom is -0.497 e. The van der Waals surface area contributed by atoms with Crippen molar-refractivity contribution in [2.45, 2.75) is 80.0 Å². The van der Waals surface area contributed by atoms with Gasteiger partial charge in [-0.25, -0.2) is 0 Å². The van der Waals surface area contributed by atoms with Crippen LogP contribution in [0.5, 0.6) is 11.5 Å². The van der Waals surface area contributed by atoms with E-state index in [0.717, 1.165) is 17.3 Å². The summed E-state index contributed by atoms with van der Waals surface area (Å²) < 4.78 is 10.4. The molecule has 0 unspecified atom stereocenters. The molecule has 8 nitrogen and oxygen atoms in total. The molecule has 3 aromatic rings. The lowest BCUT2D eigenvalue weighted by molar-refractivity contribution is -0.193. The average Bonchev–Trinajstić information content (AvgIpc) is 3.11. The molecule has 0 saturated heterocycles. The maximum Gasteiger partial charge on any atom is 0.373 e. The first-order chi connectivity index (χ1) is 25.9. The summed E-state index contributed by atoms with van der Waals surface area (Å²) in [4.78, 5) is 51.2. The zero-order valence-corrected chi connectivity index (χ0v) is 40.7. The molecule has 0 aliphatic rings. The molecule has 0 radical (unpaired) electrons. The molecule has 306 valence electrons. The third-order valence-electron chi connectivity index (χ3n) is 6.49. The Morgan fingerprint density at radius 1 is 0.564 bits per heavy atom. The van der Waals surface area contributed by atoms with E-state index < -0.39 is 22.2 Å². The lowest BCUT2D eigenvalue weighted by Gasteiger charge is -2.15. The second-order valence-corrected chi connectivity index (χ2v) is 37.5. The number of rotatable bonds is 17. The standard InChI is InChI=1S/C14H24SSi.C12H20OSSi.C9H11Cl3OSSi.3CO2/c1-16(2,3)13-7-11-15-12-10-14-8-5-4-6-9-14;1-13-11-7-5-6-8-12(11)14-9-10-15(2,3)4;1-13-8-2-4-9(5-3-8)14-6-7-15(10,11)12;3*2-1-3/h4-6,8-9H,7,10-13H2,1-3H3;5-8H,9-10H2,1-4H3;2-5H,6-7H2,1H3;;;. The third kappa shape index (κ3) is 42.9. The van der Waals surface area contributed by atoms with Gasteiger partial charge in [0.15, 0.2) is 0 Å². The third-order valence-corrected chi connectivity index (χ3v) is 16.5. The first-order valence-electron chi connectivity index (χ1n) is 17.1. The van der Waals surface area contributed by atoms with Crippen molar-refractivity contribution in [3.63, 3.8) is 0 Å². The van der Waals surface area contributed by atoms with Gasteiger partial charge in [0.25, 0.3) is 0 Å². The van der Waals surface area contributed by atoms with Crippen molar-refractivity contribution < 1.29 is 38.2 Å². The van der Waals surface area contributed by atoms with E-state index in [1.807, 2.05) is 48.2 Å². The van der Waals surface area contributed by atoms with Crippen LogP contribution >= 0.6 is 68.5 Å². The Balaban J connectivity index is -0.000000663. The summed E-state index contributed by atoms with van der Waals surface area (Å²) in [7, 11) is 1.69. The molecule has 3 rings (SSSR count). The molecular weight excluding hydrogens is 871 g/mol. The topological polar surface area (TPSA) is 121 Å². The van der Waals surface area contributed by atoms with Crippen LogP contribution in [0.2, 0.25) is 57.4 Å². The van der Waals surface area contributed by atoms with Crippen molar-refractivity contribution in [2.24, 2.45) is 0 Å². The van der Waals surface area contributed by atoms with Crippen LogP contribution in [0.1, 0.15) is 12.0 Å². The van der Waals surface area contributed by atoms with E-state index in [4.69, 9.17) is 71.5 Å². The molecule has 17 heteroatoms. The highest BCUT2D eigenvalue weighted by molar-refractivity contribution is 8.00. The van der Waals surface area contributed by atoms with Gasteiger partial charge >= 0.3 is 24.5 Å². The Morgan fingerprint density at radius 2 is 1.05 bits per heavy atom. The van der Waals surface area contributed by atoms with Gasteiger partial charge in [-0.3, -0.25) is 0 Å². The maximum absolute atomic E-state index is 8.12. The number of halogens is 3. The van der Waals surface area contributed by atoms with E-state index in [9.17, 15) is 0 Å². The Kier molecular flexibility index (Phi) is 37.8. The lowest BCUT2D eigenvalue weighted by atomic mass is 10.2. The highest BCUT2D eigenvalue weighted by atomic mass is 35.8. The fourth-order valence-electron chi connectivity index (χ4n) is 3.80. The predicted molar refractivity (Wildman–Crippen MR) is 239 cm³/mol. The van der Waals surface area contributed by atoms with Gasteiger partial charge < -0.3 is 9.47 Å². The molecule has 0 aliphatic carbocycles. The normalized spacial score (nSPS) is 10.1. The fraction of sp³-hybridized carbons (Fsp3) is 0.447. The summed E-state index contributed by atoms with van der Waals surface area (Å²) in [5, 5.41) is 0. The maximum atomic E-state index is 8.12. The van der Waals surface area contributed by atoms with E-state index in [-0.39, 0.29) is 18.5 Å². The summed E-state index contributed by atoms with van der Waals surface area (Å²) in [5.41, 5.74) is 1.47. The van der Waals surface area contributed by atoms with Crippen LogP contribution in [0.15, 0.2) is 88.7 Å². The molecule has 0 atom stereocenters. The fourth-order valence-corrected chi connectivity index (χ4v) is 13.8. The SMILES string of the molecule is COc1ccc(SCC[Si](Cl)(Cl)Cl)cc1.COc1ccccc1SCC[Si](C)(C)C.C[Si](C)(C)CCCSCCc1ccccc1.O=C=O.O=C=O.O=C=O. The van der Waals surface area contributed by atoms with Gasteiger partial charge in [-0.1, -0.05) is 87.8 Å². The summed E-state index contributed by atoms with van der Waals surface area (Å²) in [6.07, 6.45) is 3.38. The zero-order chi connectivity index (χ0) is 42.6. The number of aryl methyl sites for hydroxylation is 1. The molecule has 0 aliphatic heterocycles. The van der Waals surface area contributed by atoms with Crippen LogP contribution in [0, 0.1) is 0 Å². The van der Waals surface area contributed by atoms with E-state index in [2.05, 4.69) is 93.5 Å². The van der Waals surface area contributed by atoms with Gasteiger partial charge in [-0.05, 0) is 89.9 Å². The summed E-state index contributed by atoms with van der Waals surface area (Å²) >= 11 is 23.1. The minimum atomic E-state index is -2.46. The van der Waals surface area contributed by atoms with Crippen LogP contribution in [0.3, 0.4) is 0 Å². The number of benzene rings is 3. The van der Waals surface area contributed by atoms with Gasteiger partial charge in [-0.15, -0.1) is 56.8 Å². The Labute approximate surface area is 358 Å². The molecule has 0 fully saturated rings. The Bertz CT molecular complexity index is 1440. The summed E-state index contributed by atoms with van der Waals surface area (Å²) in [6.45, 7) is 14.6. The van der Waals surface area contributed by atoms with Crippen LogP contribution in [-0.4, -0.2) is 77.8 Å². The first-order valence-corrected chi connectivity index (χ1v) is 32.8. The molecule has 0 saturated carbocycles. The smallest absolute Gasteiger partial charge is 0.373 e. The van der Waals surface area contributed by atoms with E-state index in [1.165, 1.54) is 57.5 Å². The van der Waals surface area contributed by atoms with Crippen LogP contribution < -0.4 is 9.47 Å². The van der Waals surface area contributed by atoms with Gasteiger partial charge in [0.05, 0.1) is 14.2 Å². The summed E-state index contributed by atoms with van der Waals surface area (Å²) in [6, 6.07) is 27.9. The highest BCUT2D eigenvalue weighted by Crippen LogP contribution is 2.31. The Morgan fingerprint density at radius 3 is 1.53 bits per heavy atom. The molecule has 0 amide bonds. The van der Waals surface area contributed by atoms with Crippen molar-refractivity contribution >= 4 is 109 Å². The number of para-hydroxylation sites is 1. The van der Waals surface area contributed by atoms with E-state index in [1.54, 1.807) is 26.0 Å². The van der Waals surface area contributed by atoms with E-state index >= 15 is 0 Å². The van der Waals surface area contributed by atoms with Crippen LogP contribution in [0.4, 0.5) is 0 Å². The van der Waals surface area contributed by atoms with Crippen LogP contribution in [0.25, 0.3) is 0 Å². The predicted octanol–water partition coefficient (Wildman–Crippen LogP) is 11.5. The number of hydrogen-bond acceptors (Lipinski definition) is 11. The first kappa shape index (κ1) is 57.3. The number of hydrogen-bond donors (Lipinski definition) is 0. The lowest BCUT2D eigenvalue weighted by Crippen LogP contribution is -2.19.